The molecule has 0 rings (SSSR count). The molecule has 0 aromatic rings. The van der Waals surface area contributed by atoms with Crippen molar-refractivity contribution in [3.63, 3.8) is 0 Å². The number of hydrogen-bond donors (Lipinski definition) is 2. The van der Waals surface area contributed by atoms with Gasteiger partial charge in [-0.3, -0.25) is 4.79 Å². The van der Waals surface area contributed by atoms with Crippen LogP contribution in [0.25, 0.3) is 0 Å². The summed E-state index contributed by atoms with van der Waals surface area (Å²) < 4.78 is 23.1. The van der Waals surface area contributed by atoms with E-state index in [-0.39, 0.29) is 24.5 Å². The van der Waals surface area contributed by atoms with Crippen LogP contribution >= 0.6 is 0 Å². The van der Waals surface area contributed by atoms with Crippen molar-refractivity contribution in [2.24, 2.45) is 5.73 Å². The summed E-state index contributed by atoms with van der Waals surface area (Å²) in [6.45, 7) is 3.89. The second kappa shape index (κ2) is 8.43. The highest BCUT2D eigenvalue weighted by molar-refractivity contribution is 7.91. The van der Waals surface area contributed by atoms with Gasteiger partial charge in [0.2, 0.25) is 5.91 Å². The summed E-state index contributed by atoms with van der Waals surface area (Å²) >= 11 is 0. The van der Waals surface area contributed by atoms with Crippen LogP contribution in [0.4, 0.5) is 0 Å². The zero-order valence-electron chi connectivity index (χ0n) is 10.3. The van der Waals surface area contributed by atoms with Crippen LogP contribution in [0.2, 0.25) is 0 Å². The third-order valence-electron chi connectivity index (χ3n) is 2.46. The fourth-order valence-corrected chi connectivity index (χ4v) is 2.60. The van der Waals surface area contributed by atoms with Crippen LogP contribution in [-0.4, -0.2) is 62.1 Å². The molecule has 6 nitrogen and oxygen atoms in total. The second-order valence-electron chi connectivity index (χ2n) is 3.88. The van der Waals surface area contributed by atoms with Crippen molar-refractivity contribution in [2.45, 2.75) is 19.8 Å². The van der Waals surface area contributed by atoms with E-state index in [1.54, 1.807) is 0 Å². The van der Waals surface area contributed by atoms with Gasteiger partial charge in [-0.1, -0.05) is 6.92 Å². The predicted molar refractivity (Wildman–Crippen MR) is 66.3 cm³/mol. The molecule has 0 fully saturated rings. The lowest BCUT2D eigenvalue weighted by atomic mass is 10.4. The lowest BCUT2D eigenvalue weighted by Gasteiger charge is -2.19. The maximum absolute atomic E-state index is 11.5. The Hall–Kier alpha value is -0.660. The van der Waals surface area contributed by atoms with Gasteiger partial charge in [0.15, 0.2) is 9.84 Å². The van der Waals surface area contributed by atoms with Gasteiger partial charge < -0.3 is 15.7 Å². The number of carbonyl (C=O) groups excluding carboxylic acids is 1. The Morgan fingerprint density at radius 3 is 2.41 bits per heavy atom. The highest BCUT2D eigenvalue weighted by Crippen LogP contribution is 1.98. The van der Waals surface area contributed by atoms with Crippen LogP contribution in [0.3, 0.4) is 0 Å². The molecule has 0 saturated heterocycles. The SMILES string of the molecule is CCN(CCCO)CCS(=O)(=O)CCC(N)=O. The molecule has 102 valence electrons. The minimum absolute atomic E-state index is 0.0273. The third-order valence-corrected chi connectivity index (χ3v) is 4.09. The van der Waals surface area contributed by atoms with Crippen LogP contribution in [0.15, 0.2) is 0 Å². The van der Waals surface area contributed by atoms with Crippen LogP contribution in [-0.2, 0) is 14.6 Å². The number of aliphatic hydroxyl groups is 1. The smallest absolute Gasteiger partial charge is 0.218 e. The van der Waals surface area contributed by atoms with E-state index >= 15 is 0 Å². The summed E-state index contributed by atoms with van der Waals surface area (Å²) in [5.41, 5.74) is 4.91. The largest absolute Gasteiger partial charge is 0.396 e. The van der Waals surface area contributed by atoms with Gasteiger partial charge in [-0.15, -0.1) is 0 Å². The predicted octanol–water partition coefficient (Wildman–Crippen LogP) is -1.02. The highest BCUT2D eigenvalue weighted by Gasteiger charge is 2.14. The van der Waals surface area contributed by atoms with Gasteiger partial charge in [0.25, 0.3) is 0 Å². The summed E-state index contributed by atoms with van der Waals surface area (Å²) in [7, 11) is -3.21. The second-order valence-corrected chi connectivity index (χ2v) is 6.18. The number of primary amides is 1. The summed E-state index contributed by atoms with van der Waals surface area (Å²) in [6, 6.07) is 0. The van der Waals surface area contributed by atoms with Crippen LogP contribution in [0, 0.1) is 0 Å². The van der Waals surface area contributed by atoms with Crippen molar-refractivity contribution in [3.05, 3.63) is 0 Å². The van der Waals surface area contributed by atoms with Crippen LogP contribution < -0.4 is 5.73 Å². The Balaban J connectivity index is 4.01. The molecule has 7 heteroatoms. The molecule has 0 saturated carbocycles. The molecule has 17 heavy (non-hydrogen) atoms. The fraction of sp³-hybridized carbons (Fsp3) is 0.900. The first kappa shape index (κ1) is 16.3. The molecule has 0 aliphatic carbocycles. The van der Waals surface area contributed by atoms with Gasteiger partial charge in [0.05, 0.1) is 11.5 Å². The lowest BCUT2D eigenvalue weighted by Crippen LogP contribution is -2.32. The Labute approximate surface area is 103 Å². The zero-order valence-corrected chi connectivity index (χ0v) is 11.1. The van der Waals surface area contributed by atoms with Crippen molar-refractivity contribution >= 4 is 15.7 Å². The van der Waals surface area contributed by atoms with E-state index in [1.165, 1.54) is 0 Å². The number of carbonyl (C=O) groups is 1. The van der Waals surface area contributed by atoms with Gasteiger partial charge in [0.1, 0.15) is 0 Å². The topological polar surface area (TPSA) is 101 Å². The maximum atomic E-state index is 11.5. The molecule has 0 aromatic carbocycles. The fourth-order valence-electron chi connectivity index (χ4n) is 1.35. The van der Waals surface area contributed by atoms with Crippen molar-refractivity contribution < 1.29 is 18.3 Å². The molecule has 1 amide bonds. The average Bonchev–Trinajstić information content (AvgIpc) is 2.27. The van der Waals surface area contributed by atoms with E-state index in [1.807, 2.05) is 11.8 Å². The molecule has 0 aliphatic rings. The quantitative estimate of drug-likeness (QED) is 0.527. The van der Waals surface area contributed by atoms with Gasteiger partial charge >= 0.3 is 0 Å². The maximum Gasteiger partial charge on any atom is 0.218 e. The van der Waals surface area contributed by atoms with Crippen molar-refractivity contribution in [1.82, 2.24) is 4.90 Å². The van der Waals surface area contributed by atoms with E-state index in [0.29, 0.717) is 19.5 Å². The zero-order chi connectivity index (χ0) is 13.3. The van der Waals surface area contributed by atoms with E-state index in [4.69, 9.17) is 10.8 Å². The molecule has 0 spiro atoms. The molecule has 0 radical (unpaired) electrons. The molecule has 0 heterocycles. The van der Waals surface area contributed by atoms with Crippen molar-refractivity contribution in [2.75, 3.05) is 37.7 Å². The molecule has 0 aromatic heterocycles. The number of rotatable bonds is 10. The summed E-state index contributed by atoms with van der Waals surface area (Å²) in [4.78, 5) is 12.5. The first-order chi connectivity index (χ1) is 7.91. The van der Waals surface area contributed by atoms with Crippen molar-refractivity contribution in [1.29, 1.82) is 0 Å². The number of sulfone groups is 1. The summed E-state index contributed by atoms with van der Waals surface area (Å²) in [5.74, 6) is -0.749. The Morgan fingerprint density at radius 2 is 1.94 bits per heavy atom. The number of nitrogens with two attached hydrogens (primary N) is 1. The average molecular weight is 266 g/mol. The standard InChI is InChI=1S/C10H22N2O4S/c1-2-12(5-3-7-13)6-9-17(15,16)8-4-10(11)14/h13H,2-9H2,1H3,(H2,11,14). The first-order valence-electron chi connectivity index (χ1n) is 5.73. The van der Waals surface area contributed by atoms with E-state index in [2.05, 4.69) is 0 Å². The number of amides is 1. The Bertz CT molecular complexity index is 316. The molecule has 0 bridgehead atoms. The van der Waals surface area contributed by atoms with E-state index in [9.17, 15) is 13.2 Å². The number of hydrogen-bond acceptors (Lipinski definition) is 5. The highest BCUT2D eigenvalue weighted by atomic mass is 32.2. The number of nitrogens with zero attached hydrogens (tertiary/aromatic N) is 1. The molecule has 0 unspecified atom stereocenters. The molecule has 0 aliphatic heterocycles. The van der Waals surface area contributed by atoms with Crippen LogP contribution in [0.5, 0.6) is 0 Å². The Morgan fingerprint density at radius 1 is 1.29 bits per heavy atom. The molecular formula is C10H22N2O4S. The van der Waals surface area contributed by atoms with E-state index < -0.39 is 15.7 Å². The lowest BCUT2D eigenvalue weighted by molar-refractivity contribution is -0.117. The molecular weight excluding hydrogens is 244 g/mol. The normalized spacial score (nSPS) is 11.9. The van der Waals surface area contributed by atoms with Crippen LogP contribution in [0.1, 0.15) is 19.8 Å². The van der Waals surface area contributed by atoms with Gasteiger partial charge in [0, 0.05) is 26.1 Å². The van der Waals surface area contributed by atoms with Gasteiger partial charge in [-0.05, 0) is 13.0 Å². The van der Waals surface area contributed by atoms with E-state index in [0.717, 1.165) is 6.54 Å². The van der Waals surface area contributed by atoms with Crippen molar-refractivity contribution in [3.8, 4) is 0 Å². The summed E-state index contributed by atoms with van der Waals surface area (Å²) in [6.07, 6.45) is 0.514. The molecule has 3 N–H and O–H groups in total. The minimum Gasteiger partial charge on any atom is -0.396 e. The number of aliphatic hydroxyl groups excluding tert-OH is 1. The first-order valence-corrected chi connectivity index (χ1v) is 7.55. The monoisotopic (exact) mass is 266 g/mol. The molecule has 0 atom stereocenters. The summed E-state index contributed by atoms with van der Waals surface area (Å²) in [5, 5.41) is 8.69. The minimum atomic E-state index is -3.21. The van der Waals surface area contributed by atoms with Gasteiger partial charge in [-0.2, -0.15) is 0 Å². The Kier molecular flexibility index (Phi) is 8.11. The third kappa shape index (κ3) is 9.08. The van der Waals surface area contributed by atoms with Gasteiger partial charge in [-0.25, -0.2) is 8.42 Å².